The Labute approximate surface area is 166 Å². The Hall–Kier alpha value is -1.38. The van der Waals surface area contributed by atoms with E-state index >= 15 is 0 Å². The van der Waals surface area contributed by atoms with Gasteiger partial charge in [0.25, 0.3) is 5.56 Å². The molecule has 1 fully saturated rings. The van der Waals surface area contributed by atoms with Crippen LogP contribution in [0, 0.1) is 0 Å². The van der Waals surface area contributed by atoms with Crippen molar-refractivity contribution in [3.05, 3.63) is 20.8 Å². The monoisotopic (exact) mass is 407 g/mol. The maximum absolute atomic E-state index is 13.4. The number of carbonyl (C=O) groups excluding carboxylic acids is 1. The molecule has 1 aliphatic carbocycles. The van der Waals surface area contributed by atoms with E-state index in [0.717, 1.165) is 48.9 Å². The molecule has 2 aliphatic rings. The summed E-state index contributed by atoms with van der Waals surface area (Å²) < 4.78 is 7.53. The third-order valence-electron chi connectivity index (χ3n) is 5.27. The molecule has 0 saturated carbocycles. The topological polar surface area (TPSA) is 64.4 Å². The van der Waals surface area contributed by atoms with Crippen LogP contribution in [0.5, 0.6) is 0 Å². The van der Waals surface area contributed by atoms with Gasteiger partial charge in [-0.2, -0.15) is 0 Å². The lowest BCUT2D eigenvalue weighted by Crippen LogP contribution is -2.32. The van der Waals surface area contributed by atoms with Gasteiger partial charge < -0.3 is 9.64 Å². The number of hydrogen-bond donors (Lipinski definition) is 0. The zero-order chi connectivity index (χ0) is 19.1. The standard InChI is InChI=1S/C19H25N3O3S2/c1-11(17(23)21(2)3)26-19-20-16-15(13-7-4-8-14(13)27-16)18(24)22(19)10-12-6-5-9-25-12/h11-12H,4-10H2,1-3H3/t11-,12+/m0/s1. The molecule has 2 atom stereocenters. The van der Waals surface area contributed by atoms with E-state index in [4.69, 9.17) is 9.72 Å². The molecule has 0 spiro atoms. The maximum Gasteiger partial charge on any atom is 0.263 e. The van der Waals surface area contributed by atoms with Crippen LogP contribution in [0.4, 0.5) is 0 Å². The van der Waals surface area contributed by atoms with Gasteiger partial charge >= 0.3 is 0 Å². The molecular weight excluding hydrogens is 382 g/mol. The van der Waals surface area contributed by atoms with Gasteiger partial charge in [0.05, 0.1) is 23.3 Å². The Morgan fingerprint density at radius 2 is 2.22 bits per heavy atom. The number of amides is 1. The molecule has 0 aromatic carbocycles. The number of nitrogens with zero attached hydrogens (tertiary/aromatic N) is 3. The number of rotatable bonds is 5. The lowest BCUT2D eigenvalue weighted by Gasteiger charge is -2.19. The van der Waals surface area contributed by atoms with Gasteiger partial charge in [0.15, 0.2) is 5.16 Å². The molecule has 0 bridgehead atoms. The van der Waals surface area contributed by atoms with E-state index in [1.807, 2.05) is 6.92 Å². The molecule has 8 heteroatoms. The molecule has 1 amide bonds. The van der Waals surface area contributed by atoms with E-state index < -0.39 is 0 Å². The van der Waals surface area contributed by atoms with Gasteiger partial charge in [-0.05, 0) is 44.6 Å². The van der Waals surface area contributed by atoms with E-state index in [-0.39, 0.29) is 22.8 Å². The summed E-state index contributed by atoms with van der Waals surface area (Å²) in [7, 11) is 3.50. The van der Waals surface area contributed by atoms with Crippen molar-refractivity contribution in [2.24, 2.45) is 0 Å². The molecule has 27 heavy (non-hydrogen) atoms. The fraction of sp³-hybridized carbons (Fsp3) is 0.632. The van der Waals surface area contributed by atoms with E-state index in [0.29, 0.717) is 11.7 Å². The van der Waals surface area contributed by atoms with Crippen LogP contribution < -0.4 is 5.56 Å². The van der Waals surface area contributed by atoms with Gasteiger partial charge in [-0.15, -0.1) is 11.3 Å². The van der Waals surface area contributed by atoms with Crippen molar-refractivity contribution in [1.29, 1.82) is 0 Å². The molecule has 1 saturated heterocycles. The predicted molar refractivity (Wildman–Crippen MR) is 109 cm³/mol. The number of aryl methyl sites for hydroxylation is 2. The SMILES string of the molecule is C[C@H](Sc1nc2sc3c(c2c(=O)n1C[C@H]1CCCO1)CCC3)C(=O)N(C)C. The van der Waals surface area contributed by atoms with Gasteiger partial charge in [0.1, 0.15) is 4.83 Å². The molecule has 0 unspecified atom stereocenters. The maximum atomic E-state index is 13.4. The molecule has 4 rings (SSSR count). The molecule has 0 N–H and O–H groups in total. The van der Waals surface area contributed by atoms with E-state index in [9.17, 15) is 9.59 Å². The first-order valence-electron chi connectivity index (χ1n) is 9.50. The van der Waals surface area contributed by atoms with E-state index in [1.165, 1.54) is 22.2 Å². The normalized spacial score (nSPS) is 20.2. The molecule has 0 radical (unpaired) electrons. The molecule has 6 nitrogen and oxygen atoms in total. The molecular formula is C19H25N3O3S2. The number of fused-ring (bicyclic) bond motifs is 3. The second-order valence-corrected chi connectivity index (χ2v) is 9.87. The van der Waals surface area contributed by atoms with Crippen LogP contribution in [0.15, 0.2) is 9.95 Å². The predicted octanol–water partition coefficient (Wildman–Crippen LogP) is 2.69. The number of aromatic nitrogens is 2. The summed E-state index contributed by atoms with van der Waals surface area (Å²) in [5.74, 6) is 0.0201. The summed E-state index contributed by atoms with van der Waals surface area (Å²) in [4.78, 5) is 34.3. The number of thioether (sulfide) groups is 1. The fourth-order valence-electron chi connectivity index (χ4n) is 3.87. The Morgan fingerprint density at radius 3 is 2.93 bits per heavy atom. The first kappa shape index (κ1) is 19.0. The zero-order valence-corrected chi connectivity index (χ0v) is 17.6. The van der Waals surface area contributed by atoms with E-state index in [1.54, 1.807) is 34.9 Å². The van der Waals surface area contributed by atoms with Gasteiger partial charge in [0, 0.05) is 25.6 Å². The highest BCUT2D eigenvalue weighted by molar-refractivity contribution is 8.00. The van der Waals surface area contributed by atoms with Crippen LogP contribution in [0.1, 0.15) is 36.6 Å². The fourth-order valence-corrected chi connectivity index (χ4v) is 6.24. The molecule has 146 valence electrons. The van der Waals surface area contributed by atoms with Crippen LogP contribution in [0.3, 0.4) is 0 Å². The highest BCUT2D eigenvalue weighted by Crippen LogP contribution is 2.36. The first-order valence-corrected chi connectivity index (χ1v) is 11.2. The van der Waals surface area contributed by atoms with Crippen LogP contribution in [0.2, 0.25) is 0 Å². The van der Waals surface area contributed by atoms with Crippen molar-refractivity contribution >= 4 is 39.2 Å². The second kappa shape index (κ2) is 7.56. The number of ether oxygens (including phenoxy) is 1. The Bertz CT molecular complexity index is 928. The summed E-state index contributed by atoms with van der Waals surface area (Å²) in [5, 5.41) is 1.12. The van der Waals surface area contributed by atoms with Crippen molar-refractivity contribution in [3.8, 4) is 0 Å². The quantitative estimate of drug-likeness (QED) is 0.563. The van der Waals surface area contributed by atoms with Crippen LogP contribution >= 0.6 is 23.1 Å². The minimum Gasteiger partial charge on any atom is -0.376 e. The molecule has 2 aromatic heterocycles. The highest BCUT2D eigenvalue weighted by Gasteiger charge is 2.27. The summed E-state index contributed by atoms with van der Waals surface area (Å²) in [6.07, 6.45) is 5.16. The van der Waals surface area contributed by atoms with Crippen LogP contribution in [-0.4, -0.2) is 52.4 Å². The highest BCUT2D eigenvalue weighted by atomic mass is 32.2. The first-order chi connectivity index (χ1) is 13.0. The van der Waals surface area contributed by atoms with Crippen molar-refractivity contribution in [3.63, 3.8) is 0 Å². The smallest absolute Gasteiger partial charge is 0.263 e. The Morgan fingerprint density at radius 1 is 1.41 bits per heavy atom. The average Bonchev–Trinajstić information content (AvgIpc) is 3.34. The number of thiophene rings is 1. The minimum atomic E-state index is -0.299. The summed E-state index contributed by atoms with van der Waals surface area (Å²) >= 11 is 3.02. The summed E-state index contributed by atoms with van der Waals surface area (Å²) in [6, 6.07) is 0. The average molecular weight is 408 g/mol. The largest absolute Gasteiger partial charge is 0.376 e. The summed E-state index contributed by atoms with van der Waals surface area (Å²) in [6.45, 7) is 3.13. The van der Waals surface area contributed by atoms with Crippen LogP contribution in [0.25, 0.3) is 10.2 Å². The van der Waals surface area contributed by atoms with Gasteiger partial charge in [-0.25, -0.2) is 4.98 Å². The van der Waals surface area contributed by atoms with Gasteiger partial charge in [0.2, 0.25) is 5.91 Å². The lowest BCUT2D eigenvalue weighted by molar-refractivity contribution is -0.127. The second-order valence-electron chi connectivity index (χ2n) is 7.48. The van der Waals surface area contributed by atoms with Gasteiger partial charge in [-0.1, -0.05) is 11.8 Å². The third-order valence-corrected chi connectivity index (χ3v) is 7.53. The van der Waals surface area contributed by atoms with Crippen LogP contribution in [-0.2, 0) is 28.9 Å². The third kappa shape index (κ3) is 3.54. The van der Waals surface area contributed by atoms with Crippen molar-refractivity contribution < 1.29 is 9.53 Å². The van der Waals surface area contributed by atoms with Crippen molar-refractivity contribution in [2.75, 3.05) is 20.7 Å². The van der Waals surface area contributed by atoms with Crippen molar-refractivity contribution in [1.82, 2.24) is 14.5 Å². The number of carbonyl (C=O) groups is 1. The molecule has 2 aromatic rings. The Balaban J connectivity index is 1.78. The molecule has 1 aliphatic heterocycles. The zero-order valence-electron chi connectivity index (χ0n) is 16.0. The lowest BCUT2D eigenvalue weighted by atomic mass is 10.2. The summed E-state index contributed by atoms with van der Waals surface area (Å²) in [5.41, 5.74) is 1.23. The minimum absolute atomic E-state index is 0.0201. The Kier molecular flexibility index (Phi) is 5.31. The number of hydrogen-bond acceptors (Lipinski definition) is 6. The molecule has 3 heterocycles. The van der Waals surface area contributed by atoms with Gasteiger partial charge in [-0.3, -0.25) is 14.2 Å². The van der Waals surface area contributed by atoms with E-state index in [2.05, 4.69) is 0 Å². The van der Waals surface area contributed by atoms with Crippen molar-refractivity contribution in [2.45, 2.75) is 62.1 Å².